The first-order valence-corrected chi connectivity index (χ1v) is 10.5. The van der Waals surface area contributed by atoms with Crippen molar-refractivity contribution >= 4 is 17.4 Å². The van der Waals surface area contributed by atoms with Crippen LogP contribution in [0.25, 0.3) is 28.6 Å². The lowest BCUT2D eigenvalue weighted by molar-refractivity contribution is 0.0441. The second kappa shape index (κ2) is 8.75. The van der Waals surface area contributed by atoms with Crippen molar-refractivity contribution in [1.29, 1.82) is 0 Å². The molecule has 2 amide bonds. The third-order valence-corrected chi connectivity index (χ3v) is 5.54. The minimum Gasteiger partial charge on any atom is -0.414 e. The zero-order valence-electron chi connectivity index (χ0n) is 17.5. The molecule has 164 valence electrons. The lowest BCUT2D eigenvalue weighted by atomic mass is 10.1. The number of nitrogens with two attached hydrogens (primary N) is 1. The van der Waals surface area contributed by atoms with Crippen LogP contribution in [0, 0.1) is 0 Å². The molecule has 1 saturated heterocycles. The van der Waals surface area contributed by atoms with E-state index >= 15 is 0 Å². The molecule has 2 aromatic heterocycles. The predicted molar refractivity (Wildman–Crippen MR) is 117 cm³/mol. The molecule has 10 heteroatoms. The van der Waals surface area contributed by atoms with E-state index in [1.807, 2.05) is 46.2 Å². The average Bonchev–Trinajstić information content (AvgIpc) is 3.35. The van der Waals surface area contributed by atoms with Crippen LogP contribution in [0.15, 0.2) is 47.0 Å². The van der Waals surface area contributed by atoms with Crippen LogP contribution < -0.4 is 5.73 Å². The van der Waals surface area contributed by atoms with Gasteiger partial charge in [-0.2, -0.15) is 0 Å². The third kappa shape index (κ3) is 4.04. The van der Waals surface area contributed by atoms with Crippen LogP contribution in [0.3, 0.4) is 0 Å². The van der Waals surface area contributed by atoms with Crippen LogP contribution in [0.4, 0.5) is 10.6 Å². The summed E-state index contributed by atoms with van der Waals surface area (Å²) < 4.78 is 11.1. The van der Waals surface area contributed by atoms with Crippen LogP contribution in [0.5, 0.6) is 0 Å². The summed E-state index contributed by atoms with van der Waals surface area (Å²) in [6.07, 6.45) is 4.32. The molecule has 32 heavy (non-hydrogen) atoms. The quantitative estimate of drug-likeness (QED) is 0.667. The van der Waals surface area contributed by atoms with Crippen molar-refractivity contribution in [3.8, 4) is 23.0 Å². The second-order valence-electron chi connectivity index (χ2n) is 7.57. The van der Waals surface area contributed by atoms with Gasteiger partial charge in [0.05, 0.1) is 25.1 Å². The van der Waals surface area contributed by atoms with Gasteiger partial charge in [0.15, 0.2) is 11.5 Å². The topological polar surface area (TPSA) is 124 Å². The normalized spacial score (nSPS) is 16.7. The number of anilines is 1. The predicted octanol–water partition coefficient (Wildman–Crippen LogP) is 2.32. The first kappa shape index (κ1) is 20.1. The van der Waals surface area contributed by atoms with Crippen molar-refractivity contribution in [2.45, 2.75) is 6.42 Å². The number of hydrogen-bond acceptors (Lipinski definition) is 8. The second-order valence-corrected chi connectivity index (χ2v) is 7.57. The van der Waals surface area contributed by atoms with Gasteiger partial charge in [-0.1, -0.05) is 24.3 Å². The van der Waals surface area contributed by atoms with Gasteiger partial charge in [-0.25, -0.2) is 14.8 Å². The number of morpholine rings is 1. The van der Waals surface area contributed by atoms with Gasteiger partial charge < -0.3 is 24.7 Å². The van der Waals surface area contributed by atoms with Gasteiger partial charge in [-0.05, 0) is 24.1 Å². The lowest BCUT2D eigenvalue weighted by Crippen LogP contribution is -2.49. The maximum absolute atomic E-state index is 12.7. The molecule has 0 saturated carbocycles. The van der Waals surface area contributed by atoms with Gasteiger partial charge in [0.2, 0.25) is 5.89 Å². The number of urea groups is 1. The highest BCUT2D eigenvalue weighted by molar-refractivity contribution is 5.77. The zero-order chi connectivity index (χ0) is 21.9. The summed E-state index contributed by atoms with van der Waals surface area (Å²) in [7, 11) is 0. The van der Waals surface area contributed by atoms with Crippen molar-refractivity contribution in [3.63, 3.8) is 0 Å². The number of nitrogen functional groups attached to an aromatic ring is 1. The van der Waals surface area contributed by atoms with Gasteiger partial charge >= 0.3 is 6.03 Å². The van der Waals surface area contributed by atoms with Crippen LogP contribution in [-0.2, 0) is 4.74 Å². The fraction of sp³-hybridized carbons (Fsp3) is 0.318. The smallest absolute Gasteiger partial charge is 0.320 e. The molecule has 1 fully saturated rings. The van der Waals surface area contributed by atoms with Gasteiger partial charge in [0, 0.05) is 31.7 Å². The summed E-state index contributed by atoms with van der Waals surface area (Å²) in [5.41, 5.74) is 8.91. The monoisotopic (exact) mass is 433 g/mol. The number of amides is 2. The van der Waals surface area contributed by atoms with Crippen LogP contribution in [0.2, 0.25) is 0 Å². The van der Waals surface area contributed by atoms with E-state index in [-0.39, 0.29) is 17.7 Å². The first-order valence-electron chi connectivity index (χ1n) is 10.5. The molecule has 0 aliphatic carbocycles. The number of benzene rings is 1. The molecule has 3 aromatic rings. The Morgan fingerprint density at radius 3 is 2.53 bits per heavy atom. The Morgan fingerprint density at radius 1 is 1.00 bits per heavy atom. The third-order valence-electron chi connectivity index (χ3n) is 5.54. The molecule has 10 nitrogen and oxygen atoms in total. The van der Waals surface area contributed by atoms with E-state index in [1.165, 1.54) is 0 Å². The largest absolute Gasteiger partial charge is 0.414 e. The summed E-state index contributed by atoms with van der Waals surface area (Å²) in [5.74, 6) is 0.829. The lowest BCUT2D eigenvalue weighted by Gasteiger charge is -2.34. The van der Waals surface area contributed by atoms with E-state index in [0.29, 0.717) is 63.1 Å². The van der Waals surface area contributed by atoms with Crippen molar-refractivity contribution in [1.82, 2.24) is 30.0 Å². The van der Waals surface area contributed by atoms with Crippen molar-refractivity contribution in [2.75, 3.05) is 45.1 Å². The number of aromatic nitrogens is 4. The number of rotatable bonds is 3. The Bertz CT molecular complexity index is 1140. The van der Waals surface area contributed by atoms with Crippen LogP contribution in [0.1, 0.15) is 12.1 Å². The Balaban J connectivity index is 1.34. The first-order chi connectivity index (χ1) is 15.7. The molecule has 1 aromatic carbocycles. The van der Waals surface area contributed by atoms with Gasteiger partial charge in [-0.3, -0.25) is 0 Å². The van der Waals surface area contributed by atoms with E-state index in [9.17, 15) is 4.79 Å². The van der Waals surface area contributed by atoms with E-state index in [0.717, 1.165) is 11.1 Å². The van der Waals surface area contributed by atoms with E-state index in [4.69, 9.17) is 14.9 Å². The van der Waals surface area contributed by atoms with E-state index in [2.05, 4.69) is 20.2 Å². The number of ether oxygens (including phenoxy) is 1. The van der Waals surface area contributed by atoms with Crippen LogP contribution >= 0.6 is 0 Å². The van der Waals surface area contributed by atoms with Crippen molar-refractivity contribution < 1.29 is 13.9 Å². The summed E-state index contributed by atoms with van der Waals surface area (Å²) >= 11 is 0. The van der Waals surface area contributed by atoms with Crippen molar-refractivity contribution in [3.05, 3.63) is 48.3 Å². The van der Waals surface area contributed by atoms with Crippen LogP contribution in [-0.4, -0.2) is 75.4 Å². The molecular formula is C22H23N7O3. The summed E-state index contributed by atoms with van der Waals surface area (Å²) in [6, 6.07) is 9.54. The highest BCUT2D eigenvalue weighted by Gasteiger charge is 2.25. The van der Waals surface area contributed by atoms with Crippen molar-refractivity contribution in [2.24, 2.45) is 0 Å². The molecule has 0 atom stereocenters. The number of hydrogen-bond donors (Lipinski definition) is 1. The van der Waals surface area contributed by atoms with Gasteiger partial charge in [0.1, 0.15) is 0 Å². The standard InChI is InChI=1S/C22H23N7O3/c23-19-18(21-27-26-20(32-21)16-4-2-1-3-5-16)25-17(14-24-19)15-6-8-28(9-7-15)22(30)29-10-12-31-13-11-29/h1-6,14H,7-13H2,(H2,23,24). The number of carbonyl (C=O) groups excluding carboxylic acids is 1. The highest BCUT2D eigenvalue weighted by atomic mass is 16.5. The molecular weight excluding hydrogens is 410 g/mol. The Labute approximate surface area is 184 Å². The molecule has 0 spiro atoms. The summed E-state index contributed by atoms with van der Waals surface area (Å²) in [5, 5.41) is 8.22. The Hall–Kier alpha value is -3.79. The molecule has 5 rings (SSSR count). The number of nitrogens with zero attached hydrogens (tertiary/aromatic N) is 6. The van der Waals surface area contributed by atoms with Gasteiger partial charge in [0.25, 0.3) is 5.89 Å². The average molecular weight is 433 g/mol. The molecule has 0 unspecified atom stereocenters. The Kier molecular flexibility index (Phi) is 5.51. The van der Waals surface area contributed by atoms with Gasteiger partial charge in [-0.15, -0.1) is 10.2 Å². The Morgan fingerprint density at radius 2 is 1.78 bits per heavy atom. The zero-order valence-corrected chi connectivity index (χ0v) is 17.5. The van der Waals surface area contributed by atoms with E-state index in [1.54, 1.807) is 6.20 Å². The molecule has 0 bridgehead atoms. The summed E-state index contributed by atoms with van der Waals surface area (Å²) in [6.45, 7) is 3.58. The maximum atomic E-state index is 12.7. The molecule has 2 aliphatic rings. The minimum absolute atomic E-state index is 0.0481. The molecule has 0 radical (unpaired) electrons. The molecule has 2 N–H and O–H groups in total. The molecule has 4 heterocycles. The highest BCUT2D eigenvalue weighted by Crippen LogP contribution is 2.28. The summed E-state index contributed by atoms with van der Waals surface area (Å²) in [4.78, 5) is 25.3. The van der Waals surface area contributed by atoms with E-state index < -0.39 is 0 Å². The SMILES string of the molecule is Nc1ncc(C2=CCN(C(=O)N3CCOCC3)CC2)nc1-c1nnc(-c2ccccc2)o1. The molecule has 2 aliphatic heterocycles. The minimum atomic E-state index is 0.0481. The maximum Gasteiger partial charge on any atom is 0.320 e. The fourth-order valence-corrected chi connectivity index (χ4v) is 3.76. The fourth-order valence-electron chi connectivity index (χ4n) is 3.76. The number of carbonyl (C=O) groups is 1.